The van der Waals surface area contributed by atoms with Crippen molar-refractivity contribution in [2.75, 3.05) is 0 Å². The highest BCUT2D eigenvalue weighted by Crippen LogP contribution is 2.64. The summed E-state index contributed by atoms with van der Waals surface area (Å²) in [6, 6.07) is 4.22. The molecule has 1 aromatic rings. The van der Waals surface area contributed by atoms with Crippen LogP contribution in [0.5, 0.6) is 0 Å². The van der Waals surface area contributed by atoms with E-state index in [4.69, 9.17) is 0 Å². The van der Waals surface area contributed by atoms with Crippen molar-refractivity contribution in [3.63, 3.8) is 0 Å². The molecule has 0 fully saturated rings. The molecule has 222 valence electrons. The van der Waals surface area contributed by atoms with E-state index in [9.17, 15) is 79.7 Å². The zero-order valence-electron chi connectivity index (χ0n) is 19.0. The number of rotatable bonds is 10. The standard InChI is InChI=1S/C20H17F17O/c1-9(2)10-6-4-5-7-11(10)12(3,38)8-13(21,22)14(23,24)15(25,26)16(27,28)17(29,30)18(31,32)19(33,34)20(35,36)37/h4-7,9,38H,8H2,1-3H3. The predicted molar refractivity (Wildman–Crippen MR) is 95.4 cm³/mol. The molecule has 18 heteroatoms. The molecule has 1 nitrogen and oxygen atoms in total. The Morgan fingerprint density at radius 2 is 0.921 bits per heavy atom. The number of aliphatic hydroxyl groups is 1. The first kappa shape index (κ1) is 34.0. The third-order valence-electron chi connectivity index (χ3n) is 5.52. The van der Waals surface area contributed by atoms with E-state index in [1.807, 2.05) is 0 Å². The minimum Gasteiger partial charge on any atom is -0.385 e. The molecule has 38 heavy (non-hydrogen) atoms. The lowest BCUT2D eigenvalue weighted by molar-refractivity contribution is -0.462. The van der Waals surface area contributed by atoms with Crippen LogP contribution in [0.2, 0.25) is 0 Å². The fourth-order valence-electron chi connectivity index (χ4n) is 3.33. The Hall–Kier alpha value is -2.01. The monoisotopic (exact) mass is 596 g/mol. The van der Waals surface area contributed by atoms with Crippen LogP contribution in [-0.2, 0) is 5.60 Å². The average Bonchev–Trinajstić information content (AvgIpc) is 2.71. The van der Waals surface area contributed by atoms with Gasteiger partial charge in [0.2, 0.25) is 0 Å². The van der Waals surface area contributed by atoms with Gasteiger partial charge in [-0.15, -0.1) is 0 Å². The average molecular weight is 596 g/mol. The maximum Gasteiger partial charge on any atom is 0.460 e. The van der Waals surface area contributed by atoms with Gasteiger partial charge in [-0.25, -0.2) is 0 Å². The molecule has 0 aliphatic rings. The lowest BCUT2D eigenvalue weighted by atomic mass is 9.80. The molecule has 1 atom stereocenters. The van der Waals surface area contributed by atoms with Gasteiger partial charge in [-0.3, -0.25) is 0 Å². The van der Waals surface area contributed by atoms with Gasteiger partial charge >= 0.3 is 47.6 Å². The molecule has 1 aromatic carbocycles. The second kappa shape index (κ2) is 9.28. The maximum absolute atomic E-state index is 14.4. The Morgan fingerprint density at radius 1 is 0.579 bits per heavy atom. The minimum absolute atomic E-state index is 0.0748. The molecular weight excluding hydrogens is 579 g/mol. The summed E-state index contributed by atoms with van der Waals surface area (Å²) in [6.07, 6.45) is -10.8. The predicted octanol–water partition coefficient (Wildman–Crippen LogP) is 8.42. The summed E-state index contributed by atoms with van der Waals surface area (Å²) in [5.74, 6) is -57.7. The van der Waals surface area contributed by atoms with Crippen molar-refractivity contribution in [1.29, 1.82) is 0 Å². The molecule has 0 aliphatic carbocycles. The van der Waals surface area contributed by atoms with E-state index in [1.54, 1.807) is 0 Å². The molecule has 1 unspecified atom stereocenters. The van der Waals surface area contributed by atoms with Crippen LogP contribution in [0.4, 0.5) is 74.6 Å². The lowest BCUT2D eigenvalue weighted by Crippen LogP contribution is -2.74. The number of halogens is 17. The van der Waals surface area contributed by atoms with Crippen molar-refractivity contribution in [2.24, 2.45) is 0 Å². The highest BCUT2D eigenvalue weighted by atomic mass is 19.4. The van der Waals surface area contributed by atoms with Crippen molar-refractivity contribution in [1.82, 2.24) is 0 Å². The number of benzene rings is 1. The van der Waals surface area contributed by atoms with Crippen molar-refractivity contribution >= 4 is 0 Å². The molecule has 0 radical (unpaired) electrons. The van der Waals surface area contributed by atoms with E-state index in [0.717, 1.165) is 18.2 Å². The Bertz CT molecular complexity index is 991. The first-order valence-electron chi connectivity index (χ1n) is 9.91. The normalized spacial score (nSPS) is 17.1. The van der Waals surface area contributed by atoms with Crippen LogP contribution < -0.4 is 0 Å². The van der Waals surface area contributed by atoms with E-state index >= 15 is 0 Å². The molecule has 0 saturated heterocycles. The molecule has 1 N–H and O–H groups in total. The van der Waals surface area contributed by atoms with Crippen LogP contribution in [0, 0.1) is 0 Å². The highest BCUT2D eigenvalue weighted by molar-refractivity contribution is 5.34. The van der Waals surface area contributed by atoms with Crippen LogP contribution in [0.1, 0.15) is 44.2 Å². The van der Waals surface area contributed by atoms with Gasteiger partial charge in [0.15, 0.2) is 0 Å². The maximum atomic E-state index is 14.4. The van der Waals surface area contributed by atoms with Gasteiger partial charge in [0.1, 0.15) is 0 Å². The van der Waals surface area contributed by atoms with Gasteiger partial charge in [-0.05, 0) is 24.0 Å². The fraction of sp³-hybridized carbons (Fsp3) is 0.700. The first-order chi connectivity index (χ1) is 16.4. The molecule has 1 rings (SSSR count). The van der Waals surface area contributed by atoms with E-state index in [0.29, 0.717) is 6.92 Å². The molecule has 0 saturated carbocycles. The van der Waals surface area contributed by atoms with E-state index < -0.39 is 71.1 Å². The number of hydrogen-bond acceptors (Lipinski definition) is 1. The second-order valence-corrected chi connectivity index (χ2v) is 8.84. The van der Waals surface area contributed by atoms with Crippen molar-refractivity contribution in [2.45, 2.75) is 86.3 Å². The fourth-order valence-corrected chi connectivity index (χ4v) is 3.33. The Morgan fingerprint density at radius 3 is 1.29 bits per heavy atom. The van der Waals surface area contributed by atoms with Crippen LogP contribution in [0.15, 0.2) is 24.3 Å². The number of alkyl halides is 17. The lowest BCUT2D eigenvalue weighted by Gasteiger charge is -2.43. The van der Waals surface area contributed by atoms with Crippen LogP contribution in [0.25, 0.3) is 0 Å². The Balaban J connectivity index is 3.67. The Labute approximate surface area is 202 Å². The largest absolute Gasteiger partial charge is 0.460 e. The van der Waals surface area contributed by atoms with Crippen molar-refractivity contribution < 1.29 is 79.7 Å². The minimum atomic E-state index is -8.69. The van der Waals surface area contributed by atoms with Crippen molar-refractivity contribution in [3.05, 3.63) is 35.4 Å². The summed E-state index contributed by atoms with van der Waals surface area (Å²) in [5.41, 5.74) is -4.06. The van der Waals surface area contributed by atoms with E-state index in [1.165, 1.54) is 19.9 Å². The SMILES string of the molecule is CC(C)c1ccccc1C(C)(O)CC(F)(F)C(F)(F)C(F)(F)C(F)(F)C(F)(F)C(F)(F)C(F)(F)C(F)(F)F. The molecular formula is C20H17F17O. The van der Waals surface area contributed by atoms with Gasteiger partial charge in [0.25, 0.3) is 0 Å². The van der Waals surface area contributed by atoms with Gasteiger partial charge < -0.3 is 5.11 Å². The second-order valence-electron chi connectivity index (χ2n) is 8.84. The summed E-state index contributed by atoms with van der Waals surface area (Å²) in [5, 5.41) is 10.3. The van der Waals surface area contributed by atoms with Gasteiger partial charge in [0, 0.05) is 0 Å². The summed E-state index contributed by atoms with van der Waals surface area (Å²) in [4.78, 5) is 0. The van der Waals surface area contributed by atoms with Crippen LogP contribution in [0.3, 0.4) is 0 Å². The molecule has 0 amide bonds. The van der Waals surface area contributed by atoms with Gasteiger partial charge in [-0.2, -0.15) is 74.6 Å². The van der Waals surface area contributed by atoms with Crippen LogP contribution >= 0.6 is 0 Å². The third kappa shape index (κ3) is 4.78. The zero-order chi connectivity index (χ0) is 30.8. The molecule has 0 aromatic heterocycles. The highest BCUT2D eigenvalue weighted by Gasteiger charge is 2.95. The molecule has 0 bridgehead atoms. The van der Waals surface area contributed by atoms with Crippen molar-refractivity contribution in [3.8, 4) is 0 Å². The quantitative estimate of drug-likeness (QED) is 0.269. The summed E-state index contributed by atoms with van der Waals surface area (Å²) in [7, 11) is 0. The molecule has 0 heterocycles. The van der Waals surface area contributed by atoms with E-state index in [-0.39, 0.29) is 5.56 Å². The smallest absolute Gasteiger partial charge is 0.385 e. The molecule has 0 aliphatic heterocycles. The van der Waals surface area contributed by atoms with Crippen LogP contribution in [-0.4, -0.2) is 52.7 Å². The third-order valence-corrected chi connectivity index (χ3v) is 5.52. The summed E-state index contributed by atoms with van der Waals surface area (Å²) >= 11 is 0. The number of hydrogen-bond donors (Lipinski definition) is 1. The van der Waals surface area contributed by atoms with E-state index in [2.05, 4.69) is 0 Å². The Kier molecular flexibility index (Phi) is 8.31. The first-order valence-corrected chi connectivity index (χ1v) is 9.91. The summed E-state index contributed by atoms with van der Waals surface area (Å²) < 4.78 is 228. The summed E-state index contributed by atoms with van der Waals surface area (Å²) in [6.45, 7) is 3.03. The zero-order valence-corrected chi connectivity index (χ0v) is 19.0. The van der Waals surface area contributed by atoms with Gasteiger partial charge in [0.05, 0.1) is 12.0 Å². The molecule has 0 spiro atoms. The van der Waals surface area contributed by atoms with Gasteiger partial charge in [-0.1, -0.05) is 38.1 Å². The topological polar surface area (TPSA) is 20.2 Å².